The average molecular weight is 440 g/mol. The molecule has 0 aliphatic carbocycles. The molecule has 2 aliphatic rings. The first-order chi connectivity index (χ1) is 15.4. The third-order valence-corrected chi connectivity index (χ3v) is 5.93. The quantitative estimate of drug-likeness (QED) is 0.753. The molecule has 4 heterocycles. The number of nitrogens with zero attached hydrogens (tertiary/aromatic N) is 5. The van der Waals surface area contributed by atoms with Gasteiger partial charge in [0.2, 0.25) is 5.91 Å². The predicted octanol–water partition coefficient (Wildman–Crippen LogP) is 1.68. The summed E-state index contributed by atoms with van der Waals surface area (Å²) >= 11 is 0. The van der Waals surface area contributed by atoms with E-state index in [1.165, 1.54) is 0 Å². The third-order valence-electron chi connectivity index (χ3n) is 5.93. The summed E-state index contributed by atoms with van der Waals surface area (Å²) in [5.74, 6) is 0.495. The molecule has 2 N–H and O–H groups in total. The minimum atomic E-state index is -0.594. The van der Waals surface area contributed by atoms with Gasteiger partial charge in [0, 0.05) is 44.6 Å². The molecule has 0 spiro atoms. The molecule has 10 nitrogen and oxygen atoms in total. The highest BCUT2D eigenvalue weighted by molar-refractivity contribution is 5.99. The zero-order valence-corrected chi connectivity index (χ0v) is 18.5. The van der Waals surface area contributed by atoms with E-state index in [0.717, 1.165) is 18.5 Å². The number of hydrogen-bond donors (Lipinski definition) is 2. The van der Waals surface area contributed by atoms with Gasteiger partial charge in [-0.2, -0.15) is 5.10 Å². The highest BCUT2D eigenvalue weighted by atomic mass is 16.2. The van der Waals surface area contributed by atoms with E-state index in [2.05, 4.69) is 20.7 Å². The maximum Gasteiger partial charge on any atom is 0.318 e. The van der Waals surface area contributed by atoms with E-state index in [0.29, 0.717) is 44.1 Å². The maximum atomic E-state index is 12.9. The van der Waals surface area contributed by atoms with Crippen LogP contribution in [0.3, 0.4) is 0 Å². The molecule has 2 atom stereocenters. The van der Waals surface area contributed by atoms with Crippen molar-refractivity contribution in [2.75, 3.05) is 29.9 Å². The second kappa shape index (κ2) is 9.37. The fourth-order valence-corrected chi connectivity index (χ4v) is 4.24. The molecule has 0 bridgehead atoms. The smallest absolute Gasteiger partial charge is 0.318 e. The summed E-state index contributed by atoms with van der Waals surface area (Å²) in [7, 11) is 1.80. The highest BCUT2D eigenvalue weighted by Gasteiger charge is 2.34. The minimum Gasteiger partial charge on any atom is -0.326 e. The number of pyridine rings is 1. The number of rotatable bonds is 4. The van der Waals surface area contributed by atoms with Gasteiger partial charge >= 0.3 is 6.03 Å². The standard InChI is InChI=1S/C22H29N7O3/c1-15-6-3-9-18(23-15)25-20(30)16-7-4-11-28(14-16)22(32)24-17-8-5-12-29(21(17)31)19-10-13-27(2)26-19/h3,6,9-10,13,16-17H,4-5,7-8,11-12,14H2,1-2H3,(H,24,32)(H,23,25,30). The number of hydrogen-bond acceptors (Lipinski definition) is 5. The molecule has 10 heteroatoms. The van der Waals surface area contributed by atoms with Gasteiger partial charge < -0.3 is 15.5 Å². The van der Waals surface area contributed by atoms with Gasteiger partial charge in [0.25, 0.3) is 5.91 Å². The SMILES string of the molecule is Cc1cccc(NC(=O)C2CCCN(C(=O)NC3CCCN(c4ccn(C)n4)C3=O)C2)n1. The van der Waals surface area contributed by atoms with Gasteiger partial charge in [-0.1, -0.05) is 6.07 Å². The fourth-order valence-electron chi connectivity index (χ4n) is 4.24. The molecular formula is C22H29N7O3. The maximum absolute atomic E-state index is 12.9. The number of carbonyl (C=O) groups excluding carboxylic acids is 3. The summed E-state index contributed by atoms with van der Waals surface area (Å²) < 4.78 is 1.65. The van der Waals surface area contributed by atoms with Gasteiger partial charge in [0.05, 0.1) is 5.92 Å². The normalized spacial score (nSPS) is 21.4. The molecule has 2 aliphatic heterocycles. The van der Waals surface area contributed by atoms with Crippen LogP contribution in [-0.2, 0) is 16.6 Å². The van der Waals surface area contributed by atoms with Crippen molar-refractivity contribution in [3.63, 3.8) is 0 Å². The Hall–Kier alpha value is -3.43. The summed E-state index contributed by atoms with van der Waals surface area (Å²) in [5.41, 5.74) is 0.823. The summed E-state index contributed by atoms with van der Waals surface area (Å²) in [5, 5.41) is 10.0. The van der Waals surface area contributed by atoms with Crippen LogP contribution >= 0.6 is 0 Å². The van der Waals surface area contributed by atoms with Crippen molar-refractivity contribution in [1.29, 1.82) is 0 Å². The predicted molar refractivity (Wildman–Crippen MR) is 119 cm³/mol. The number of aryl methyl sites for hydroxylation is 2. The lowest BCUT2D eigenvalue weighted by molar-refractivity contribution is -0.122. The van der Waals surface area contributed by atoms with Crippen molar-refractivity contribution in [3.8, 4) is 0 Å². The molecule has 2 saturated heterocycles. The Morgan fingerprint density at radius 1 is 1.12 bits per heavy atom. The molecule has 2 fully saturated rings. The Balaban J connectivity index is 1.34. The summed E-state index contributed by atoms with van der Waals surface area (Å²) in [6.45, 7) is 3.32. The number of aromatic nitrogens is 3. The van der Waals surface area contributed by atoms with Gasteiger partial charge in [-0.05, 0) is 44.7 Å². The molecule has 0 saturated carbocycles. The van der Waals surface area contributed by atoms with Gasteiger partial charge in [-0.25, -0.2) is 9.78 Å². The Bertz CT molecular complexity index is 1000. The van der Waals surface area contributed by atoms with E-state index in [9.17, 15) is 14.4 Å². The number of urea groups is 1. The van der Waals surface area contributed by atoms with Crippen LogP contribution in [0.25, 0.3) is 0 Å². The highest BCUT2D eigenvalue weighted by Crippen LogP contribution is 2.21. The van der Waals surface area contributed by atoms with Crippen molar-refractivity contribution in [2.24, 2.45) is 13.0 Å². The number of amides is 4. The molecular weight excluding hydrogens is 410 g/mol. The lowest BCUT2D eigenvalue weighted by Gasteiger charge is -2.35. The van der Waals surface area contributed by atoms with Crippen molar-refractivity contribution in [3.05, 3.63) is 36.2 Å². The molecule has 4 amide bonds. The Kier molecular flexibility index (Phi) is 6.38. The second-order valence-electron chi connectivity index (χ2n) is 8.42. The summed E-state index contributed by atoms with van der Waals surface area (Å²) in [6, 6.07) is 6.35. The minimum absolute atomic E-state index is 0.143. The molecule has 32 heavy (non-hydrogen) atoms. The summed E-state index contributed by atoms with van der Waals surface area (Å²) in [4.78, 5) is 46.1. The van der Waals surface area contributed by atoms with E-state index < -0.39 is 6.04 Å². The zero-order chi connectivity index (χ0) is 22.7. The molecule has 4 rings (SSSR count). The van der Waals surface area contributed by atoms with Crippen LogP contribution in [0, 0.1) is 12.8 Å². The Morgan fingerprint density at radius 2 is 1.94 bits per heavy atom. The number of anilines is 2. The molecule has 0 radical (unpaired) electrons. The van der Waals surface area contributed by atoms with Crippen LogP contribution in [0.2, 0.25) is 0 Å². The van der Waals surface area contributed by atoms with E-state index in [1.807, 2.05) is 19.1 Å². The molecule has 2 aromatic rings. The molecule has 170 valence electrons. The largest absolute Gasteiger partial charge is 0.326 e. The summed E-state index contributed by atoms with van der Waals surface area (Å²) in [6.07, 6.45) is 4.59. The van der Waals surface area contributed by atoms with Gasteiger partial charge in [-0.15, -0.1) is 0 Å². The molecule has 2 unspecified atom stereocenters. The number of nitrogens with one attached hydrogen (secondary N) is 2. The van der Waals surface area contributed by atoms with Crippen molar-refractivity contribution >= 4 is 29.5 Å². The monoisotopic (exact) mass is 439 g/mol. The van der Waals surface area contributed by atoms with Crippen LogP contribution in [0.4, 0.5) is 16.4 Å². The van der Waals surface area contributed by atoms with E-state index in [1.54, 1.807) is 39.9 Å². The van der Waals surface area contributed by atoms with Crippen molar-refractivity contribution in [1.82, 2.24) is 25.0 Å². The third kappa shape index (κ3) is 4.90. The number of likely N-dealkylation sites (tertiary alicyclic amines) is 1. The molecule has 0 aromatic carbocycles. The Morgan fingerprint density at radius 3 is 2.69 bits per heavy atom. The first-order valence-corrected chi connectivity index (χ1v) is 11.0. The van der Waals surface area contributed by atoms with Crippen LogP contribution < -0.4 is 15.5 Å². The van der Waals surface area contributed by atoms with Crippen LogP contribution in [0.5, 0.6) is 0 Å². The van der Waals surface area contributed by atoms with Crippen molar-refractivity contribution in [2.45, 2.75) is 38.6 Å². The van der Waals surface area contributed by atoms with Gasteiger partial charge in [-0.3, -0.25) is 19.2 Å². The second-order valence-corrected chi connectivity index (χ2v) is 8.42. The first-order valence-electron chi connectivity index (χ1n) is 11.0. The van der Waals surface area contributed by atoms with E-state index in [-0.39, 0.29) is 23.8 Å². The fraction of sp³-hybridized carbons (Fsp3) is 0.500. The van der Waals surface area contributed by atoms with E-state index in [4.69, 9.17) is 0 Å². The van der Waals surface area contributed by atoms with E-state index >= 15 is 0 Å². The number of carbonyl (C=O) groups is 3. The van der Waals surface area contributed by atoms with Gasteiger partial charge in [0.15, 0.2) is 5.82 Å². The number of piperidine rings is 2. The zero-order valence-electron chi connectivity index (χ0n) is 18.5. The van der Waals surface area contributed by atoms with Crippen LogP contribution in [0.1, 0.15) is 31.4 Å². The van der Waals surface area contributed by atoms with Crippen LogP contribution in [-0.4, -0.2) is 63.2 Å². The van der Waals surface area contributed by atoms with Crippen molar-refractivity contribution < 1.29 is 14.4 Å². The average Bonchev–Trinajstić information content (AvgIpc) is 3.21. The lowest BCUT2D eigenvalue weighted by Crippen LogP contribution is -2.56. The van der Waals surface area contributed by atoms with Gasteiger partial charge in [0.1, 0.15) is 11.9 Å². The first kappa shape index (κ1) is 21.8. The van der Waals surface area contributed by atoms with Crippen LogP contribution in [0.15, 0.2) is 30.5 Å². The molecule has 2 aromatic heterocycles. The Labute approximate surface area is 187 Å². The lowest BCUT2D eigenvalue weighted by atomic mass is 9.97. The topological polar surface area (TPSA) is 112 Å².